The first-order valence-electron chi connectivity index (χ1n) is 8.22. The van der Waals surface area contributed by atoms with Crippen molar-refractivity contribution in [3.8, 4) is 0 Å². The van der Waals surface area contributed by atoms with E-state index in [1.54, 1.807) is 0 Å². The first-order valence-corrected chi connectivity index (χ1v) is 9.01. The normalized spacial score (nSPS) is 18.7. The van der Waals surface area contributed by atoms with E-state index in [0.717, 1.165) is 13.1 Å². The molecule has 1 aromatic carbocycles. The Labute approximate surface area is 138 Å². The topological polar surface area (TPSA) is 15.3 Å². The molecule has 0 heterocycles. The number of hydrogen-bond acceptors (Lipinski definition) is 2. The van der Waals surface area contributed by atoms with Crippen molar-refractivity contribution in [2.75, 3.05) is 27.2 Å². The standard InChI is InChI=1S/C18H29BrN2/c1-20-14-18(11-7-3-4-8-12-18)15-21(2)13-16-9-5-6-10-17(16)19/h5-6,9-10,20H,3-4,7-8,11-15H2,1-2H3. The molecular formula is C18H29BrN2. The third-order valence-corrected chi connectivity index (χ3v) is 5.49. The Morgan fingerprint density at radius 2 is 1.81 bits per heavy atom. The molecule has 21 heavy (non-hydrogen) atoms. The molecule has 0 amide bonds. The second-order valence-corrected chi connectivity index (χ2v) is 7.56. The minimum atomic E-state index is 0.460. The summed E-state index contributed by atoms with van der Waals surface area (Å²) < 4.78 is 1.22. The third-order valence-electron chi connectivity index (χ3n) is 4.72. The van der Waals surface area contributed by atoms with E-state index in [4.69, 9.17) is 0 Å². The largest absolute Gasteiger partial charge is 0.319 e. The molecule has 3 heteroatoms. The molecule has 2 nitrogen and oxygen atoms in total. The fraction of sp³-hybridized carbons (Fsp3) is 0.667. The van der Waals surface area contributed by atoms with Crippen LogP contribution < -0.4 is 5.32 Å². The van der Waals surface area contributed by atoms with Crippen molar-refractivity contribution in [1.82, 2.24) is 10.2 Å². The van der Waals surface area contributed by atoms with E-state index < -0.39 is 0 Å². The molecule has 1 aliphatic rings. The highest BCUT2D eigenvalue weighted by atomic mass is 79.9. The quantitative estimate of drug-likeness (QED) is 0.761. The van der Waals surface area contributed by atoms with Gasteiger partial charge in [-0.15, -0.1) is 0 Å². The van der Waals surface area contributed by atoms with Gasteiger partial charge in [0.2, 0.25) is 0 Å². The molecule has 0 bridgehead atoms. The van der Waals surface area contributed by atoms with E-state index in [1.807, 2.05) is 0 Å². The Kier molecular flexibility index (Phi) is 6.72. The number of nitrogens with zero attached hydrogens (tertiary/aromatic N) is 1. The summed E-state index contributed by atoms with van der Waals surface area (Å²) in [6.07, 6.45) is 8.36. The van der Waals surface area contributed by atoms with Gasteiger partial charge in [-0.3, -0.25) is 0 Å². The van der Waals surface area contributed by atoms with Gasteiger partial charge in [-0.05, 0) is 44.0 Å². The summed E-state index contributed by atoms with van der Waals surface area (Å²) in [5.41, 5.74) is 1.84. The Morgan fingerprint density at radius 1 is 1.14 bits per heavy atom. The van der Waals surface area contributed by atoms with Crippen LogP contribution in [0.15, 0.2) is 28.7 Å². The summed E-state index contributed by atoms with van der Waals surface area (Å²) in [7, 11) is 4.36. The maximum Gasteiger partial charge on any atom is 0.0242 e. The predicted octanol–water partition coefficient (Wildman–Crippen LogP) is 4.44. The first-order chi connectivity index (χ1) is 10.2. The summed E-state index contributed by atoms with van der Waals surface area (Å²) in [5.74, 6) is 0. The zero-order valence-electron chi connectivity index (χ0n) is 13.5. The van der Waals surface area contributed by atoms with Crippen LogP contribution in [0, 0.1) is 5.41 Å². The molecule has 0 radical (unpaired) electrons. The van der Waals surface area contributed by atoms with Crippen LogP contribution in [-0.4, -0.2) is 32.1 Å². The zero-order chi connectivity index (χ0) is 15.1. The van der Waals surface area contributed by atoms with Crippen LogP contribution >= 0.6 is 15.9 Å². The number of halogens is 1. The summed E-state index contributed by atoms with van der Waals surface area (Å²) >= 11 is 3.67. The van der Waals surface area contributed by atoms with Crippen LogP contribution in [-0.2, 0) is 6.54 Å². The van der Waals surface area contributed by atoms with Gasteiger partial charge in [0, 0.05) is 24.1 Å². The van der Waals surface area contributed by atoms with Crippen LogP contribution in [0.2, 0.25) is 0 Å². The van der Waals surface area contributed by atoms with Crippen molar-refractivity contribution in [3.05, 3.63) is 34.3 Å². The van der Waals surface area contributed by atoms with Gasteiger partial charge in [-0.1, -0.05) is 59.8 Å². The van der Waals surface area contributed by atoms with Gasteiger partial charge < -0.3 is 10.2 Å². The monoisotopic (exact) mass is 352 g/mol. The third kappa shape index (κ3) is 5.08. The minimum absolute atomic E-state index is 0.460. The van der Waals surface area contributed by atoms with Gasteiger partial charge in [0.25, 0.3) is 0 Å². The number of hydrogen-bond donors (Lipinski definition) is 1. The van der Waals surface area contributed by atoms with Gasteiger partial charge >= 0.3 is 0 Å². The van der Waals surface area contributed by atoms with Gasteiger partial charge in [0.15, 0.2) is 0 Å². The Balaban J connectivity index is 2.00. The molecule has 1 aliphatic carbocycles. The van der Waals surface area contributed by atoms with Crippen molar-refractivity contribution in [3.63, 3.8) is 0 Å². The molecule has 0 aromatic heterocycles. The van der Waals surface area contributed by atoms with Crippen LogP contribution in [0.5, 0.6) is 0 Å². The van der Waals surface area contributed by atoms with Gasteiger partial charge in [0.05, 0.1) is 0 Å². The highest BCUT2D eigenvalue weighted by Gasteiger charge is 2.31. The van der Waals surface area contributed by atoms with Gasteiger partial charge in [-0.25, -0.2) is 0 Å². The highest BCUT2D eigenvalue weighted by Crippen LogP contribution is 2.35. The fourth-order valence-corrected chi connectivity index (χ4v) is 4.20. The zero-order valence-corrected chi connectivity index (χ0v) is 15.1. The molecule has 1 N–H and O–H groups in total. The van der Waals surface area contributed by atoms with Gasteiger partial charge in [0.1, 0.15) is 0 Å². The van der Waals surface area contributed by atoms with E-state index in [9.17, 15) is 0 Å². The summed E-state index contributed by atoms with van der Waals surface area (Å²) in [6.45, 7) is 3.36. The Morgan fingerprint density at radius 3 is 2.43 bits per heavy atom. The van der Waals surface area contributed by atoms with Crippen LogP contribution in [0.3, 0.4) is 0 Å². The highest BCUT2D eigenvalue weighted by molar-refractivity contribution is 9.10. The molecule has 0 saturated heterocycles. The molecule has 1 fully saturated rings. The maximum absolute atomic E-state index is 3.67. The van der Waals surface area contributed by atoms with Gasteiger partial charge in [-0.2, -0.15) is 0 Å². The lowest BCUT2D eigenvalue weighted by Crippen LogP contribution is -2.41. The van der Waals surface area contributed by atoms with Crippen molar-refractivity contribution >= 4 is 15.9 Å². The summed E-state index contributed by atoms with van der Waals surface area (Å²) in [6, 6.07) is 8.57. The number of rotatable bonds is 6. The lowest BCUT2D eigenvalue weighted by molar-refractivity contribution is 0.144. The lowest BCUT2D eigenvalue weighted by atomic mass is 9.79. The Bertz CT molecular complexity index is 425. The van der Waals surface area contributed by atoms with E-state index in [2.05, 4.69) is 64.5 Å². The number of nitrogens with one attached hydrogen (secondary N) is 1. The SMILES string of the molecule is CNCC1(CN(C)Cc2ccccc2Br)CCCCCC1. The summed E-state index contributed by atoms with van der Waals surface area (Å²) in [4.78, 5) is 2.50. The number of benzene rings is 1. The van der Waals surface area contributed by atoms with Crippen molar-refractivity contribution in [2.24, 2.45) is 5.41 Å². The second-order valence-electron chi connectivity index (χ2n) is 6.71. The van der Waals surface area contributed by atoms with E-state index in [0.29, 0.717) is 5.41 Å². The molecule has 0 spiro atoms. The molecule has 0 aliphatic heterocycles. The van der Waals surface area contributed by atoms with Crippen LogP contribution in [0.4, 0.5) is 0 Å². The average molecular weight is 353 g/mol. The van der Waals surface area contributed by atoms with E-state index >= 15 is 0 Å². The molecule has 0 unspecified atom stereocenters. The van der Waals surface area contributed by atoms with E-state index in [1.165, 1.54) is 55.1 Å². The molecule has 118 valence electrons. The predicted molar refractivity (Wildman–Crippen MR) is 94.5 cm³/mol. The summed E-state index contributed by atoms with van der Waals surface area (Å²) in [5, 5.41) is 3.45. The Hall–Kier alpha value is -0.380. The van der Waals surface area contributed by atoms with E-state index in [-0.39, 0.29) is 0 Å². The van der Waals surface area contributed by atoms with Crippen molar-refractivity contribution < 1.29 is 0 Å². The molecule has 2 rings (SSSR count). The molecule has 1 aromatic rings. The average Bonchev–Trinajstić information content (AvgIpc) is 2.67. The molecular weight excluding hydrogens is 324 g/mol. The fourth-order valence-electron chi connectivity index (χ4n) is 3.79. The molecule has 0 atom stereocenters. The maximum atomic E-state index is 3.67. The smallest absolute Gasteiger partial charge is 0.0242 e. The lowest BCUT2D eigenvalue weighted by Gasteiger charge is -2.37. The van der Waals surface area contributed by atoms with Crippen molar-refractivity contribution in [1.29, 1.82) is 0 Å². The van der Waals surface area contributed by atoms with Crippen LogP contribution in [0.25, 0.3) is 0 Å². The van der Waals surface area contributed by atoms with Crippen LogP contribution in [0.1, 0.15) is 44.1 Å². The minimum Gasteiger partial charge on any atom is -0.319 e. The molecule has 1 saturated carbocycles. The first kappa shape index (κ1) is 17.0. The second kappa shape index (κ2) is 8.30. The van der Waals surface area contributed by atoms with Crippen molar-refractivity contribution in [2.45, 2.75) is 45.1 Å².